The molecule has 0 heterocycles. The molecule has 0 amide bonds. The SMILES string of the molecule is CCCCCCCCCO[SiH3]. The van der Waals surface area contributed by atoms with Crippen LogP contribution in [-0.4, -0.2) is 17.1 Å². The molecule has 0 aromatic rings. The minimum absolute atomic E-state index is 0.909. The quantitative estimate of drug-likeness (QED) is 0.404. The average molecular weight is 174 g/mol. The van der Waals surface area contributed by atoms with Crippen LogP contribution in [0.25, 0.3) is 0 Å². The second-order valence-electron chi connectivity index (χ2n) is 3.11. The monoisotopic (exact) mass is 174 g/mol. The normalized spacial score (nSPS) is 10.6. The molecule has 0 atom stereocenters. The maximum Gasteiger partial charge on any atom is 0.145 e. The minimum atomic E-state index is 0.909. The largest absolute Gasteiger partial charge is 0.428 e. The molecule has 0 rings (SSSR count). The molecule has 68 valence electrons. The summed E-state index contributed by atoms with van der Waals surface area (Å²) in [6, 6.07) is 0. The molecule has 11 heavy (non-hydrogen) atoms. The number of hydrogen-bond donors (Lipinski definition) is 0. The maximum absolute atomic E-state index is 5.11. The van der Waals surface area contributed by atoms with Gasteiger partial charge in [-0.1, -0.05) is 45.4 Å². The van der Waals surface area contributed by atoms with E-state index in [4.69, 9.17) is 4.43 Å². The molecular formula is C9H22OSi. The number of rotatable bonds is 8. The molecule has 0 N–H and O–H groups in total. The van der Waals surface area contributed by atoms with Crippen LogP contribution in [0, 0.1) is 0 Å². The maximum atomic E-state index is 5.11. The summed E-state index contributed by atoms with van der Waals surface area (Å²) in [5.41, 5.74) is 0. The minimum Gasteiger partial charge on any atom is -0.428 e. The van der Waals surface area contributed by atoms with Crippen molar-refractivity contribution < 1.29 is 4.43 Å². The van der Waals surface area contributed by atoms with Gasteiger partial charge < -0.3 is 4.43 Å². The summed E-state index contributed by atoms with van der Waals surface area (Å²) in [4.78, 5) is 0. The van der Waals surface area contributed by atoms with Crippen LogP contribution in [-0.2, 0) is 4.43 Å². The standard InChI is InChI=1S/C9H22OSi/c1-2-3-4-5-6-7-8-9-10-11/h2-9H2,1,11H3. The second kappa shape index (κ2) is 10.2. The Hall–Kier alpha value is 0.177. The molecular weight excluding hydrogens is 152 g/mol. The van der Waals surface area contributed by atoms with Crippen molar-refractivity contribution in [2.24, 2.45) is 0 Å². The summed E-state index contributed by atoms with van der Waals surface area (Å²) in [6.07, 6.45) is 9.67. The summed E-state index contributed by atoms with van der Waals surface area (Å²) in [5.74, 6) is 0. The van der Waals surface area contributed by atoms with Gasteiger partial charge in [-0.3, -0.25) is 0 Å². The molecule has 0 aliphatic rings. The van der Waals surface area contributed by atoms with Crippen LogP contribution in [0.2, 0.25) is 0 Å². The molecule has 0 saturated carbocycles. The zero-order valence-corrected chi connectivity index (χ0v) is 10.1. The fraction of sp³-hybridized carbons (Fsp3) is 1.00. The lowest BCUT2D eigenvalue weighted by Crippen LogP contribution is -1.89. The zero-order valence-electron chi connectivity index (χ0n) is 8.07. The van der Waals surface area contributed by atoms with Crippen molar-refractivity contribution in [2.75, 3.05) is 6.61 Å². The first-order chi connectivity index (χ1) is 5.41. The van der Waals surface area contributed by atoms with E-state index in [0.717, 1.165) is 17.1 Å². The molecule has 0 aromatic carbocycles. The third kappa shape index (κ3) is 10.2. The summed E-state index contributed by atoms with van der Waals surface area (Å²) in [5, 5.41) is 0. The van der Waals surface area contributed by atoms with E-state index in [2.05, 4.69) is 6.92 Å². The third-order valence-corrected chi connectivity index (χ3v) is 2.36. The van der Waals surface area contributed by atoms with E-state index in [1.165, 1.54) is 44.9 Å². The molecule has 0 spiro atoms. The molecule has 0 unspecified atom stereocenters. The molecule has 0 bridgehead atoms. The van der Waals surface area contributed by atoms with Gasteiger partial charge in [0, 0.05) is 6.61 Å². The van der Waals surface area contributed by atoms with Gasteiger partial charge >= 0.3 is 0 Å². The highest BCUT2D eigenvalue weighted by molar-refractivity contribution is 5.97. The van der Waals surface area contributed by atoms with Gasteiger partial charge in [0.25, 0.3) is 0 Å². The fourth-order valence-corrected chi connectivity index (χ4v) is 1.49. The Morgan fingerprint density at radius 1 is 0.909 bits per heavy atom. The van der Waals surface area contributed by atoms with Gasteiger partial charge in [-0.25, -0.2) is 0 Å². The van der Waals surface area contributed by atoms with Crippen molar-refractivity contribution in [3.63, 3.8) is 0 Å². The van der Waals surface area contributed by atoms with E-state index < -0.39 is 0 Å². The Morgan fingerprint density at radius 3 is 2.00 bits per heavy atom. The van der Waals surface area contributed by atoms with Gasteiger partial charge in [-0.15, -0.1) is 0 Å². The zero-order chi connectivity index (χ0) is 8.36. The van der Waals surface area contributed by atoms with Crippen LogP contribution < -0.4 is 0 Å². The lowest BCUT2D eigenvalue weighted by molar-refractivity contribution is 0.332. The molecule has 0 aromatic heterocycles. The molecule has 0 radical (unpaired) electrons. The Kier molecular flexibility index (Phi) is 10.3. The van der Waals surface area contributed by atoms with Crippen LogP contribution in [0.15, 0.2) is 0 Å². The van der Waals surface area contributed by atoms with Crippen LogP contribution in [0.5, 0.6) is 0 Å². The topological polar surface area (TPSA) is 9.23 Å². The van der Waals surface area contributed by atoms with E-state index in [0.29, 0.717) is 0 Å². The average Bonchev–Trinajstić information content (AvgIpc) is 2.03. The summed E-state index contributed by atoms with van der Waals surface area (Å²) >= 11 is 0. The van der Waals surface area contributed by atoms with Gasteiger partial charge in [-0.2, -0.15) is 0 Å². The van der Waals surface area contributed by atoms with Crippen LogP contribution >= 0.6 is 0 Å². The molecule has 0 fully saturated rings. The van der Waals surface area contributed by atoms with Gasteiger partial charge in [0.15, 0.2) is 0 Å². The lowest BCUT2D eigenvalue weighted by Gasteiger charge is -1.99. The Morgan fingerprint density at radius 2 is 1.45 bits per heavy atom. The van der Waals surface area contributed by atoms with Gasteiger partial charge in [-0.05, 0) is 6.42 Å². The van der Waals surface area contributed by atoms with E-state index in [9.17, 15) is 0 Å². The predicted octanol–water partition coefficient (Wildman–Crippen LogP) is 2.03. The van der Waals surface area contributed by atoms with E-state index in [-0.39, 0.29) is 0 Å². The molecule has 0 saturated heterocycles. The van der Waals surface area contributed by atoms with Crippen molar-refractivity contribution in [3.05, 3.63) is 0 Å². The second-order valence-corrected chi connectivity index (χ2v) is 3.69. The fourth-order valence-electron chi connectivity index (χ4n) is 1.20. The number of hydrogen-bond acceptors (Lipinski definition) is 1. The molecule has 0 aliphatic heterocycles. The van der Waals surface area contributed by atoms with Crippen LogP contribution in [0.1, 0.15) is 51.9 Å². The summed E-state index contributed by atoms with van der Waals surface area (Å²) in [6.45, 7) is 3.26. The van der Waals surface area contributed by atoms with Gasteiger partial charge in [0.05, 0.1) is 0 Å². The van der Waals surface area contributed by atoms with Crippen LogP contribution in [0.4, 0.5) is 0 Å². The first-order valence-electron chi connectivity index (χ1n) is 4.90. The van der Waals surface area contributed by atoms with Gasteiger partial charge in [0.2, 0.25) is 0 Å². The predicted molar refractivity (Wildman–Crippen MR) is 53.9 cm³/mol. The summed E-state index contributed by atoms with van der Waals surface area (Å²) < 4.78 is 5.11. The molecule has 1 nitrogen and oxygen atoms in total. The first kappa shape index (κ1) is 11.2. The first-order valence-corrected chi connectivity index (χ1v) is 5.72. The van der Waals surface area contributed by atoms with E-state index in [1.54, 1.807) is 0 Å². The third-order valence-electron chi connectivity index (χ3n) is 1.95. The van der Waals surface area contributed by atoms with Crippen LogP contribution in [0.3, 0.4) is 0 Å². The number of unbranched alkanes of at least 4 members (excludes halogenated alkanes) is 6. The van der Waals surface area contributed by atoms with Crippen molar-refractivity contribution in [3.8, 4) is 0 Å². The Labute approximate surface area is 74.1 Å². The lowest BCUT2D eigenvalue weighted by atomic mass is 10.1. The molecule has 2 heteroatoms. The summed E-state index contributed by atoms with van der Waals surface area (Å²) in [7, 11) is 0.909. The van der Waals surface area contributed by atoms with E-state index in [1.807, 2.05) is 0 Å². The van der Waals surface area contributed by atoms with Crippen molar-refractivity contribution in [1.29, 1.82) is 0 Å². The highest BCUT2D eigenvalue weighted by Crippen LogP contribution is 2.06. The van der Waals surface area contributed by atoms with Gasteiger partial charge in [0.1, 0.15) is 10.5 Å². The smallest absolute Gasteiger partial charge is 0.145 e. The van der Waals surface area contributed by atoms with Crippen molar-refractivity contribution >= 4 is 10.5 Å². The molecule has 0 aliphatic carbocycles. The van der Waals surface area contributed by atoms with Crippen molar-refractivity contribution in [1.82, 2.24) is 0 Å². The highest BCUT2D eigenvalue weighted by atomic mass is 28.2. The van der Waals surface area contributed by atoms with Crippen molar-refractivity contribution in [2.45, 2.75) is 51.9 Å². The Balaban J connectivity index is 2.69. The highest BCUT2D eigenvalue weighted by Gasteiger charge is 1.88. The Bertz CT molecular complexity index is 58.6. The van der Waals surface area contributed by atoms with E-state index >= 15 is 0 Å².